The fraction of sp³-hybridized carbons (Fsp3) is 0.357. The third-order valence-corrected chi connectivity index (χ3v) is 7.22. The van der Waals surface area contributed by atoms with Crippen LogP contribution in [0.5, 0.6) is 0 Å². The molecular weight excluding hydrogens is 360 g/mol. The predicted octanol–water partition coefficient (Wildman–Crippen LogP) is 4.20. The molecule has 0 spiro atoms. The molecule has 2 aromatic rings. The van der Waals surface area contributed by atoms with E-state index >= 15 is 0 Å². The Labute approximate surface area is 143 Å². The van der Waals surface area contributed by atoms with E-state index in [0.29, 0.717) is 15.0 Å². The fourth-order valence-corrected chi connectivity index (χ4v) is 6.10. The van der Waals surface area contributed by atoms with Crippen LogP contribution in [0.15, 0.2) is 28.0 Å². The number of fused-ring (bicyclic) bond motifs is 1. The highest BCUT2D eigenvalue weighted by atomic mass is 35.5. The van der Waals surface area contributed by atoms with Crippen molar-refractivity contribution in [1.29, 1.82) is 0 Å². The minimum Gasteiger partial charge on any atom is -0.255 e. The molecule has 1 aromatic carbocycles. The molecule has 4 nitrogen and oxygen atoms in total. The summed E-state index contributed by atoms with van der Waals surface area (Å²) in [6, 6.07) is 4.88. The van der Waals surface area contributed by atoms with E-state index in [0.717, 1.165) is 31.4 Å². The van der Waals surface area contributed by atoms with Gasteiger partial charge in [0.1, 0.15) is 4.90 Å². The largest absolute Gasteiger partial charge is 0.264 e. The highest BCUT2D eigenvalue weighted by molar-refractivity contribution is 7.99. The standard InChI is InChI=1S/C14H15ClN2O2S3/c1-20-12-7-6-9(15)8-13(12)22(18,19)17-14-16-10-4-2-3-5-11(10)21-14/h6-8H,2-5H2,1H3,(H,16,17). The maximum Gasteiger partial charge on any atom is 0.264 e. The van der Waals surface area contributed by atoms with Crippen molar-refractivity contribution in [3.8, 4) is 0 Å². The molecule has 1 aliphatic rings. The van der Waals surface area contributed by atoms with Gasteiger partial charge in [-0.05, 0) is 50.1 Å². The first kappa shape index (κ1) is 16.1. The minimum atomic E-state index is -3.69. The summed E-state index contributed by atoms with van der Waals surface area (Å²) < 4.78 is 27.9. The van der Waals surface area contributed by atoms with E-state index in [1.165, 1.54) is 34.0 Å². The second kappa shape index (κ2) is 6.39. The normalized spacial score (nSPS) is 14.6. The summed E-state index contributed by atoms with van der Waals surface area (Å²) in [5.74, 6) is 0. The third-order valence-electron chi connectivity index (χ3n) is 3.48. The number of thiazole rings is 1. The van der Waals surface area contributed by atoms with Crippen molar-refractivity contribution in [1.82, 2.24) is 4.98 Å². The minimum absolute atomic E-state index is 0.195. The Balaban J connectivity index is 1.93. The maximum absolute atomic E-state index is 12.6. The Bertz CT molecular complexity index is 779. The van der Waals surface area contributed by atoms with Gasteiger partial charge in [0, 0.05) is 14.8 Å². The Morgan fingerprint density at radius 3 is 2.82 bits per heavy atom. The lowest BCUT2D eigenvalue weighted by Crippen LogP contribution is -2.14. The van der Waals surface area contributed by atoms with E-state index in [-0.39, 0.29) is 4.90 Å². The topological polar surface area (TPSA) is 59.1 Å². The van der Waals surface area contributed by atoms with Gasteiger partial charge in [-0.1, -0.05) is 11.6 Å². The van der Waals surface area contributed by atoms with Crippen molar-refractivity contribution in [3.05, 3.63) is 33.8 Å². The van der Waals surface area contributed by atoms with Crippen LogP contribution in [0.4, 0.5) is 5.13 Å². The quantitative estimate of drug-likeness (QED) is 0.815. The summed E-state index contributed by atoms with van der Waals surface area (Å²) >= 11 is 8.76. The van der Waals surface area contributed by atoms with Crippen molar-refractivity contribution in [3.63, 3.8) is 0 Å². The molecule has 0 aliphatic heterocycles. The van der Waals surface area contributed by atoms with Gasteiger partial charge in [0.15, 0.2) is 5.13 Å². The summed E-state index contributed by atoms with van der Waals surface area (Å²) in [6.07, 6.45) is 6.02. The fourth-order valence-electron chi connectivity index (χ4n) is 2.43. The lowest BCUT2D eigenvalue weighted by molar-refractivity contribution is 0.599. The smallest absolute Gasteiger partial charge is 0.255 e. The zero-order valence-electron chi connectivity index (χ0n) is 11.9. The van der Waals surface area contributed by atoms with Gasteiger partial charge in [0.25, 0.3) is 10.0 Å². The Morgan fingerprint density at radius 2 is 2.09 bits per heavy atom. The molecule has 118 valence electrons. The van der Waals surface area contributed by atoms with Crippen LogP contribution in [0.1, 0.15) is 23.4 Å². The zero-order chi connectivity index (χ0) is 15.7. The number of aryl methyl sites for hydroxylation is 2. The van der Waals surface area contributed by atoms with Gasteiger partial charge < -0.3 is 0 Å². The molecule has 1 aromatic heterocycles. The summed E-state index contributed by atoms with van der Waals surface area (Å²) in [5, 5.41) is 0.843. The van der Waals surface area contributed by atoms with Crippen LogP contribution in [0, 0.1) is 0 Å². The number of aromatic nitrogens is 1. The predicted molar refractivity (Wildman–Crippen MR) is 92.8 cm³/mol. The molecule has 0 saturated carbocycles. The van der Waals surface area contributed by atoms with Gasteiger partial charge in [-0.25, -0.2) is 13.4 Å². The molecule has 0 amide bonds. The van der Waals surface area contributed by atoms with E-state index in [1.54, 1.807) is 12.1 Å². The molecule has 1 heterocycles. The monoisotopic (exact) mass is 374 g/mol. The molecule has 8 heteroatoms. The van der Waals surface area contributed by atoms with Gasteiger partial charge in [-0.15, -0.1) is 23.1 Å². The molecule has 0 unspecified atom stereocenters. The average molecular weight is 375 g/mol. The number of halogens is 1. The highest BCUT2D eigenvalue weighted by Crippen LogP contribution is 2.33. The molecule has 3 rings (SSSR count). The van der Waals surface area contributed by atoms with E-state index in [9.17, 15) is 8.42 Å². The van der Waals surface area contributed by atoms with Crippen LogP contribution in [0.2, 0.25) is 5.02 Å². The molecular formula is C14H15ClN2O2S3. The van der Waals surface area contributed by atoms with Gasteiger partial charge in [0.2, 0.25) is 0 Å². The molecule has 0 atom stereocenters. The number of hydrogen-bond donors (Lipinski definition) is 1. The highest BCUT2D eigenvalue weighted by Gasteiger charge is 2.22. The van der Waals surface area contributed by atoms with Crippen LogP contribution in [0.3, 0.4) is 0 Å². The molecule has 0 saturated heterocycles. The van der Waals surface area contributed by atoms with E-state index in [1.807, 2.05) is 6.26 Å². The van der Waals surface area contributed by atoms with E-state index < -0.39 is 10.0 Å². The number of hydrogen-bond acceptors (Lipinski definition) is 5. The second-order valence-electron chi connectivity index (χ2n) is 5.00. The van der Waals surface area contributed by atoms with Crippen molar-refractivity contribution in [2.24, 2.45) is 0 Å². The van der Waals surface area contributed by atoms with Gasteiger partial charge in [-0.3, -0.25) is 4.72 Å². The third kappa shape index (κ3) is 3.27. The summed E-state index contributed by atoms with van der Waals surface area (Å²) in [7, 11) is -3.69. The summed E-state index contributed by atoms with van der Waals surface area (Å²) in [6.45, 7) is 0. The summed E-state index contributed by atoms with van der Waals surface area (Å²) in [5.41, 5.74) is 1.03. The van der Waals surface area contributed by atoms with Gasteiger partial charge in [0.05, 0.1) is 5.69 Å². The van der Waals surface area contributed by atoms with Crippen LogP contribution in [-0.2, 0) is 22.9 Å². The molecule has 0 radical (unpaired) electrons. The molecule has 0 fully saturated rings. The lowest BCUT2D eigenvalue weighted by atomic mass is 10.0. The number of nitrogens with zero attached hydrogens (tertiary/aromatic N) is 1. The number of rotatable bonds is 4. The van der Waals surface area contributed by atoms with Gasteiger partial charge in [-0.2, -0.15) is 0 Å². The molecule has 22 heavy (non-hydrogen) atoms. The molecule has 1 aliphatic carbocycles. The number of benzene rings is 1. The van der Waals surface area contributed by atoms with E-state index in [4.69, 9.17) is 11.6 Å². The number of anilines is 1. The summed E-state index contributed by atoms with van der Waals surface area (Å²) in [4.78, 5) is 6.48. The first-order valence-corrected chi connectivity index (χ1v) is 10.7. The Kier molecular flexibility index (Phi) is 4.68. The van der Waals surface area contributed by atoms with Crippen LogP contribution in [0.25, 0.3) is 0 Å². The van der Waals surface area contributed by atoms with Crippen LogP contribution in [-0.4, -0.2) is 19.7 Å². The van der Waals surface area contributed by atoms with Crippen molar-refractivity contribution < 1.29 is 8.42 Å². The molecule has 1 N–H and O–H groups in total. The molecule has 0 bridgehead atoms. The van der Waals surface area contributed by atoms with Crippen molar-refractivity contribution in [2.75, 3.05) is 11.0 Å². The van der Waals surface area contributed by atoms with Crippen molar-refractivity contribution in [2.45, 2.75) is 35.5 Å². The first-order valence-electron chi connectivity index (χ1n) is 6.84. The maximum atomic E-state index is 12.6. The Morgan fingerprint density at radius 1 is 1.32 bits per heavy atom. The zero-order valence-corrected chi connectivity index (χ0v) is 15.1. The van der Waals surface area contributed by atoms with E-state index in [2.05, 4.69) is 9.71 Å². The first-order chi connectivity index (χ1) is 10.5. The van der Waals surface area contributed by atoms with Crippen LogP contribution < -0.4 is 4.72 Å². The van der Waals surface area contributed by atoms with Crippen molar-refractivity contribution >= 4 is 49.9 Å². The second-order valence-corrected chi connectivity index (χ2v) is 9.02. The van der Waals surface area contributed by atoms with Crippen LogP contribution >= 0.6 is 34.7 Å². The SMILES string of the molecule is CSc1ccc(Cl)cc1S(=O)(=O)Nc1nc2c(s1)CCCC2. The Hall–Kier alpha value is -0.760. The lowest BCUT2D eigenvalue weighted by Gasteiger charge is -2.09. The average Bonchev–Trinajstić information content (AvgIpc) is 2.88. The number of sulfonamides is 1. The number of thioether (sulfide) groups is 1. The van der Waals surface area contributed by atoms with Gasteiger partial charge >= 0.3 is 0 Å². The number of nitrogens with one attached hydrogen (secondary N) is 1.